The molecule has 3 nitrogen and oxygen atoms in total. The second kappa shape index (κ2) is 13.7. The van der Waals surface area contributed by atoms with E-state index >= 15 is 0 Å². The van der Waals surface area contributed by atoms with Gasteiger partial charge in [0.15, 0.2) is 0 Å². The van der Waals surface area contributed by atoms with Crippen molar-refractivity contribution in [2.75, 3.05) is 0 Å². The number of thioether (sulfide) groups is 1. The van der Waals surface area contributed by atoms with E-state index in [1.54, 1.807) is 0 Å². The zero-order valence-corrected chi connectivity index (χ0v) is 28.7. The Bertz CT molecular complexity index is 2370. The first-order valence-corrected chi connectivity index (χ1v) is 18.3. The summed E-state index contributed by atoms with van der Waals surface area (Å²) >= 11 is 1.98. The van der Waals surface area contributed by atoms with Gasteiger partial charge >= 0.3 is 0 Å². The molecule has 0 N–H and O–H groups in total. The maximum atomic E-state index is 5.11. The lowest BCUT2D eigenvalue weighted by atomic mass is 9.89. The third kappa shape index (κ3) is 6.38. The number of hydrogen-bond acceptors (Lipinski definition) is 4. The molecule has 0 unspecified atom stereocenters. The Hall–Kier alpha value is -6.10. The standard InChI is InChI=1S/C47H33N3S/c1-3-9-32(10-4-1)46-26-42(27-47(50-46)33-11-5-2-6-12-33)34-17-18-44-43(21-34)31-51-30-38-16-15-35(25-45(38)44)39-22-40(36-13-7-19-48-28-36)24-41(23-39)37-14-8-20-49-29-37/h1-29H,30-31H2. The Morgan fingerprint density at radius 1 is 0.353 bits per heavy atom. The summed E-state index contributed by atoms with van der Waals surface area (Å²) in [5, 5.41) is 0. The molecule has 51 heavy (non-hydrogen) atoms. The lowest BCUT2D eigenvalue weighted by Gasteiger charge is -2.15. The normalized spacial score (nSPS) is 12.1. The SMILES string of the molecule is c1ccc(-c2cc(-c3ccc4c(c3)CSCc3ccc(-c5cc(-c6cccnc6)cc(-c6cccnc6)c5)cc3-4)cc(-c3ccccc3)n2)cc1. The molecule has 5 aromatic carbocycles. The van der Waals surface area contributed by atoms with Gasteiger partial charge in [-0.2, -0.15) is 11.8 Å². The lowest BCUT2D eigenvalue weighted by molar-refractivity contribution is 1.32. The summed E-state index contributed by atoms with van der Waals surface area (Å²) in [7, 11) is 0. The highest BCUT2D eigenvalue weighted by atomic mass is 32.2. The molecule has 0 aliphatic carbocycles. The van der Waals surface area contributed by atoms with Crippen LogP contribution in [-0.2, 0) is 11.5 Å². The molecule has 8 aromatic rings. The molecule has 4 heterocycles. The lowest BCUT2D eigenvalue weighted by Crippen LogP contribution is -1.93. The van der Waals surface area contributed by atoms with Crippen molar-refractivity contribution >= 4 is 11.8 Å². The fourth-order valence-corrected chi connectivity index (χ4v) is 8.00. The van der Waals surface area contributed by atoms with E-state index < -0.39 is 0 Å². The van der Waals surface area contributed by atoms with Crippen LogP contribution in [-0.4, -0.2) is 15.0 Å². The molecular weight excluding hydrogens is 639 g/mol. The molecule has 0 spiro atoms. The fourth-order valence-electron chi connectivity index (χ4n) is 6.96. The van der Waals surface area contributed by atoms with Gasteiger partial charge in [-0.15, -0.1) is 0 Å². The summed E-state index contributed by atoms with van der Waals surface area (Å²) < 4.78 is 0. The van der Waals surface area contributed by atoms with Crippen molar-refractivity contribution < 1.29 is 0 Å². The molecule has 0 saturated heterocycles. The molecule has 242 valence electrons. The molecule has 0 bridgehead atoms. The van der Waals surface area contributed by atoms with E-state index in [2.05, 4.69) is 149 Å². The number of pyridine rings is 3. The van der Waals surface area contributed by atoms with E-state index in [9.17, 15) is 0 Å². The Labute approximate surface area is 302 Å². The highest BCUT2D eigenvalue weighted by molar-refractivity contribution is 7.97. The Morgan fingerprint density at radius 3 is 1.45 bits per heavy atom. The van der Waals surface area contributed by atoms with Crippen molar-refractivity contribution in [1.82, 2.24) is 15.0 Å². The predicted molar refractivity (Wildman–Crippen MR) is 213 cm³/mol. The quantitative estimate of drug-likeness (QED) is 0.176. The Morgan fingerprint density at radius 2 is 0.863 bits per heavy atom. The highest BCUT2D eigenvalue weighted by Gasteiger charge is 2.18. The van der Waals surface area contributed by atoms with Gasteiger partial charge in [0.1, 0.15) is 0 Å². The van der Waals surface area contributed by atoms with Gasteiger partial charge in [-0.1, -0.05) is 97.1 Å². The van der Waals surface area contributed by atoms with Crippen LogP contribution in [0.4, 0.5) is 0 Å². The van der Waals surface area contributed by atoms with Crippen molar-refractivity contribution in [3.63, 3.8) is 0 Å². The smallest absolute Gasteiger partial charge is 0.0715 e. The van der Waals surface area contributed by atoms with E-state index in [4.69, 9.17) is 4.98 Å². The van der Waals surface area contributed by atoms with E-state index in [0.29, 0.717) is 0 Å². The molecule has 3 aromatic heterocycles. The molecule has 0 amide bonds. The second-order valence-electron chi connectivity index (χ2n) is 12.9. The maximum Gasteiger partial charge on any atom is 0.0715 e. The zero-order chi connectivity index (χ0) is 34.0. The van der Waals surface area contributed by atoms with Gasteiger partial charge in [0.2, 0.25) is 0 Å². The maximum absolute atomic E-state index is 5.11. The van der Waals surface area contributed by atoms with Gasteiger partial charge in [-0.25, -0.2) is 4.98 Å². The molecule has 0 saturated carbocycles. The van der Waals surface area contributed by atoms with E-state index in [1.165, 1.54) is 44.5 Å². The summed E-state index contributed by atoms with van der Waals surface area (Å²) in [5.74, 6) is 1.93. The Balaban J connectivity index is 1.14. The van der Waals surface area contributed by atoms with Gasteiger partial charge in [-0.05, 0) is 110 Å². The molecule has 0 atom stereocenters. The van der Waals surface area contributed by atoms with Gasteiger partial charge < -0.3 is 0 Å². The van der Waals surface area contributed by atoms with Crippen molar-refractivity contribution in [3.8, 4) is 78.1 Å². The van der Waals surface area contributed by atoms with Crippen LogP contribution in [0, 0.1) is 0 Å². The molecule has 0 fully saturated rings. The van der Waals surface area contributed by atoms with Crippen LogP contribution in [0.15, 0.2) is 176 Å². The largest absolute Gasteiger partial charge is 0.264 e. The number of benzene rings is 5. The minimum atomic E-state index is 0.955. The second-order valence-corrected chi connectivity index (χ2v) is 13.9. The number of fused-ring (bicyclic) bond motifs is 3. The first-order chi connectivity index (χ1) is 25.2. The first kappa shape index (κ1) is 30.9. The average molecular weight is 672 g/mol. The van der Waals surface area contributed by atoms with Crippen LogP contribution in [0.25, 0.3) is 78.1 Å². The molecule has 1 aliphatic heterocycles. The van der Waals surface area contributed by atoms with Gasteiger partial charge in [0.25, 0.3) is 0 Å². The summed E-state index contributed by atoms with van der Waals surface area (Å²) in [6.07, 6.45) is 7.51. The summed E-state index contributed by atoms with van der Waals surface area (Å²) in [4.78, 5) is 13.9. The predicted octanol–water partition coefficient (Wildman–Crippen LogP) is 12.3. The van der Waals surface area contributed by atoms with Crippen LogP contribution in [0.2, 0.25) is 0 Å². The average Bonchev–Trinajstić information content (AvgIpc) is 3.40. The Kier molecular flexibility index (Phi) is 8.28. The van der Waals surface area contributed by atoms with Crippen molar-refractivity contribution in [2.24, 2.45) is 0 Å². The zero-order valence-electron chi connectivity index (χ0n) is 27.9. The monoisotopic (exact) mass is 671 g/mol. The van der Waals surface area contributed by atoms with Crippen LogP contribution in [0.3, 0.4) is 0 Å². The molecule has 1 aliphatic rings. The topological polar surface area (TPSA) is 38.7 Å². The third-order valence-corrected chi connectivity index (χ3v) is 10.6. The number of hydrogen-bond donors (Lipinski definition) is 0. The van der Waals surface area contributed by atoms with Crippen LogP contribution in [0.5, 0.6) is 0 Å². The van der Waals surface area contributed by atoms with Crippen molar-refractivity contribution in [2.45, 2.75) is 11.5 Å². The summed E-state index contributed by atoms with van der Waals surface area (Å²) in [5.41, 5.74) is 18.7. The van der Waals surface area contributed by atoms with Gasteiger partial charge in [-0.3, -0.25) is 9.97 Å². The number of nitrogens with zero attached hydrogens (tertiary/aromatic N) is 3. The van der Waals surface area contributed by atoms with Crippen LogP contribution < -0.4 is 0 Å². The molecule has 4 heteroatoms. The fraction of sp³-hybridized carbons (Fsp3) is 0.0426. The minimum Gasteiger partial charge on any atom is -0.264 e. The summed E-state index contributed by atoms with van der Waals surface area (Å²) in [6, 6.07) is 54.4. The first-order valence-electron chi connectivity index (χ1n) is 17.2. The van der Waals surface area contributed by atoms with Crippen LogP contribution in [0.1, 0.15) is 11.1 Å². The van der Waals surface area contributed by atoms with Crippen molar-refractivity contribution in [3.05, 3.63) is 188 Å². The minimum absolute atomic E-state index is 0.955. The van der Waals surface area contributed by atoms with Crippen LogP contribution >= 0.6 is 11.8 Å². The summed E-state index contributed by atoms with van der Waals surface area (Å²) in [6.45, 7) is 0. The molecular formula is C47H33N3S. The van der Waals surface area contributed by atoms with Crippen molar-refractivity contribution in [1.29, 1.82) is 0 Å². The molecule has 9 rings (SSSR count). The third-order valence-electron chi connectivity index (χ3n) is 9.57. The van der Waals surface area contributed by atoms with Gasteiger partial charge in [0, 0.05) is 58.5 Å². The van der Waals surface area contributed by atoms with E-state index in [1.807, 2.05) is 48.7 Å². The van der Waals surface area contributed by atoms with E-state index in [-0.39, 0.29) is 0 Å². The van der Waals surface area contributed by atoms with E-state index in [0.717, 1.165) is 56.3 Å². The number of rotatable bonds is 6. The van der Waals surface area contributed by atoms with Gasteiger partial charge in [0.05, 0.1) is 11.4 Å². The highest BCUT2D eigenvalue weighted by Crippen LogP contribution is 2.42. The molecule has 0 radical (unpaired) electrons. The number of aromatic nitrogens is 3.